The number of ether oxygens (including phenoxy) is 1. The summed E-state index contributed by atoms with van der Waals surface area (Å²) >= 11 is 3.38. The highest BCUT2D eigenvalue weighted by Gasteiger charge is 2.03. The lowest BCUT2D eigenvalue weighted by atomic mass is 10.2. The molecule has 0 aliphatic rings. The maximum Gasteiger partial charge on any atom is 0.159 e. The normalized spacial score (nSPS) is 10.1. The summed E-state index contributed by atoms with van der Waals surface area (Å²) in [4.78, 5) is 8.67. The van der Waals surface area contributed by atoms with Gasteiger partial charge >= 0.3 is 0 Å². The number of nitrogens with zero attached hydrogens (tertiary/aromatic N) is 2. The van der Waals surface area contributed by atoms with Crippen molar-refractivity contribution < 1.29 is 4.74 Å². The monoisotopic (exact) mass is 278 g/mol. The fraction of sp³-hybridized carbons (Fsp3) is 0.167. The lowest BCUT2D eigenvalue weighted by molar-refractivity contribution is 0.415. The molecule has 0 N–H and O–H groups in total. The molecule has 16 heavy (non-hydrogen) atoms. The number of benzene rings is 1. The van der Waals surface area contributed by atoms with E-state index in [1.54, 1.807) is 13.3 Å². The highest BCUT2D eigenvalue weighted by molar-refractivity contribution is 9.08. The van der Waals surface area contributed by atoms with E-state index >= 15 is 0 Å². The van der Waals surface area contributed by atoms with Gasteiger partial charge in [0.25, 0.3) is 0 Å². The Morgan fingerprint density at radius 3 is 2.94 bits per heavy atom. The summed E-state index contributed by atoms with van der Waals surface area (Å²) in [5.74, 6) is 1.53. The van der Waals surface area contributed by atoms with Gasteiger partial charge in [0.2, 0.25) is 0 Å². The van der Waals surface area contributed by atoms with Crippen LogP contribution in [0.5, 0.6) is 5.75 Å². The number of methoxy groups -OCH3 is 1. The maximum absolute atomic E-state index is 5.17. The van der Waals surface area contributed by atoms with E-state index in [0.29, 0.717) is 0 Å². The van der Waals surface area contributed by atoms with Gasteiger partial charge in [-0.05, 0) is 18.2 Å². The van der Waals surface area contributed by atoms with E-state index in [9.17, 15) is 0 Å². The summed E-state index contributed by atoms with van der Waals surface area (Å²) in [5.41, 5.74) is 1.93. The van der Waals surface area contributed by atoms with Gasteiger partial charge in [-0.2, -0.15) is 0 Å². The van der Waals surface area contributed by atoms with Gasteiger partial charge in [0, 0.05) is 17.1 Å². The summed E-state index contributed by atoms with van der Waals surface area (Å²) in [5, 5.41) is 0.729. The Balaban J connectivity index is 2.41. The van der Waals surface area contributed by atoms with Crippen molar-refractivity contribution >= 4 is 15.9 Å². The van der Waals surface area contributed by atoms with E-state index in [1.165, 1.54) is 0 Å². The molecular formula is C12H11BrN2O. The highest BCUT2D eigenvalue weighted by atomic mass is 79.9. The molecule has 82 valence electrons. The maximum atomic E-state index is 5.17. The first-order chi connectivity index (χ1) is 7.83. The molecule has 0 aliphatic heterocycles. The average Bonchev–Trinajstić information content (AvgIpc) is 2.39. The Bertz CT molecular complexity index is 442. The zero-order chi connectivity index (χ0) is 11.4. The molecule has 0 saturated carbocycles. The highest BCUT2D eigenvalue weighted by Crippen LogP contribution is 2.20. The minimum Gasteiger partial charge on any atom is -0.497 e. The largest absolute Gasteiger partial charge is 0.497 e. The quantitative estimate of drug-likeness (QED) is 0.810. The molecule has 2 aromatic rings. The van der Waals surface area contributed by atoms with E-state index in [2.05, 4.69) is 25.9 Å². The zero-order valence-corrected chi connectivity index (χ0v) is 10.4. The summed E-state index contributed by atoms with van der Waals surface area (Å²) in [6.07, 6.45) is 1.76. The predicted octanol–water partition coefficient (Wildman–Crippen LogP) is 3.05. The molecule has 0 amide bonds. The van der Waals surface area contributed by atoms with Crippen LogP contribution in [0.2, 0.25) is 0 Å². The molecular weight excluding hydrogens is 268 g/mol. The topological polar surface area (TPSA) is 35.0 Å². The van der Waals surface area contributed by atoms with Crippen molar-refractivity contribution in [3.8, 4) is 17.1 Å². The smallest absolute Gasteiger partial charge is 0.159 e. The molecule has 1 aromatic heterocycles. The number of hydrogen-bond acceptors (Lipinski definition) is 3. The predicted molar refractivity (Wildman–Crippen MR) is 66.7 cm³/mol. The van der Waals surface area contributed by atoms with Crippen molar-refractivity contribution in [2.45, 2.75) is 5.33 Å². The van der Waals surface area contributed by atoms with Crippen molar-refractivity contribution in [2.75, 3.05) is 7.11 Å². The zero-order valence-electron chi connectivity index (χ0n) is 8.85. The van der Waals surface area contributed by atoms with E-state index in [0.717, 1.165) is 28.2 Å². The molecule has 0 radical (unpaired) electrons. The first kappa shape index (κ1) is 11.1. The lowest BCUT2D eigenvalue weighted by Gasteiger charge is -2.04. The molecule has 0 atom stereocenters. The summed E-state index contributed by atoms with van der Waals surface area (Å²) in [6.45, 7) is 0. The van der Waals surface area contributed by atoms with Crippen LogP contribution >= 0.6 is 15.9 Å². The van der Waals surface area contributed by atoms with Gasteiger partial charge in [0.15, 0.2) is 5.82 Å². The molecule has 2 rings (SSSR count). The van der Waals surface area contributed by atoms with Gasteiger partial charge in [-0.15, -0.1) is 0 Å². The molecule has 1 aromatic carbocycles. The van der Waals surface area contributed by atoms with Crippen LogP contribution < -0.4 is 4.74 Å². The van der Waals surface area contributed by atoms with Crippen molar-refractivity contribution in [3.63, 3.8) is 0 Å². The standard InChI is InChI=1S/C12H11BrN2O/c1-16-11-4-2-3-9(7-11)12-14-6-5-10(8-13)15-12/h2-7H,8H2,1H3. The second-order valence-electron chi connectivity index (χ2n) is 3.24. The summed E-state index contributed by atoms with van der Waals surface area (Å²) < 4.78 is 5.17. The van der Waals surface area contributed by atoms with Gasteiger partial charge < -0.3 is 4.74 Å². The van der Waals surface area contributed by atoms with E-state index < -0.39 is 0 Å². The fourth-order valence-electron chi connectivity index (χ4n) is 1.37. The molecule has 0 unspecified atom stereocenters. The third-order valence-electron chi connectivity index (χ3n) is 2.18. The van der Waals surface area contributed by atoms with Crippen molar-refractivity contribution in [1.29, 1.82) is 0 Å². The van der Waals surface area contributed by atoms with Crippen LogP contribution in [0.1, 0.15) is 5.69 Å². The summed E-state index contributed by atoms with van der Waals surface area (Å²) in [7, 11) is 1.65. The Morgan fingerprint density at radius 2 is 2.19 bits per heavy atom. The number of rotatable bonds is 3. The molecule has 0 fully saturated rings. The minimum absolute atomic E-state index is 0.718. The first-order valence-electron chi connectivity index (χ1n) is 4.86. The van der Waals surface area contributed by atoms with Gasteiger partial charge in [-0.1, -0.05) is 28.1 Å². The molecule has 0 bridgehead atoms. The molecule has 1 heterocycles. The number of hydrogen-bond donors (Lipinski definition) is 0. The van der Waals surface area contributed by atoms with Crippen molar-refractivity contribution in [3.05, 3.63) is 42.2 Å². The van der Waals surface area contributed by atoms with Gasteiger partial charge in [-0.25, -0.2) is 9.97 Å². The molecule has 0 aliphatic carbocycles. The Kier molecular flexibility index (Phi) is 3.51. The Hall–Kier alpha value is -1.42. The van der Waals surface area contributed by atoms with Crippen molar-refractivity contribution in [2.24, 2.45) is 0 Å². The fourth-order valence-corrected chi connectivity index (χ4v) is 1.68. The van der Waals surface area contributed by atoms with E-state index in [-0.39, 0.29) is 0 Å². The Morgan fingerprint density at radius 1 is 1.31 bits per heavy atom. The van der Waals surface area contributed by atoms with Crippen LogP contribution in [0.3, 0.4) is 0 Å². The van der Waals surface area contributed by atoms with E-state index in [1.807, 2.05) is 30.3 Å². The average molecular weight is 279 g/mol. The van der Waals surface area contributed by atoms with Gasteiger partial charge in [0.05, 0.1) is 12.8 Å². The van der Waals surface area contributed by atoms with Crippen LogP contribution in [-0.4, -0.2) is 17.1 Å². The summed E-state index contributed by atoms with van der Waals surface area (Å²) in [6, 6.07) is 9.61. The van der Waals surface area contributed by atoms with Gasteiger partial charge in [-0.3, -0.25) is 0 Å². The van der Waals surface area contributed by atoms with Crippen LogP contribution in [-0.2, 0) is 5.33 Å². The first-order valence-corrected chi connectivity index (χ1v) is 5.98. The van der Waals surface area contributed by atoms with Crippen LogP contribution in [0.15, 0.2) is 36.5 Å². The third-order valence-corrected chi connectivity index (χ3v) is 2.75. The molecule has 4 heteroatoms. The molecule has 0 spiro atoms. The number of alkyl halides is 1. The second-order valence-corrected chi connectivity index (χ2v) is 3.80. The lowest BCUT2D eigenvalue weighted by Crippen LogP contribution is -1.93. The minimum atomic E-state index is 0.718. The van der Waals surface area contributed by atoms with Gasteiger partial charge in [0.1, 0.15) is 5.75 Å². The second kappa shape index (κ2) is 5.07. The molecule has 3 nitrogen and oxygen atoms in total. The molecule has 0 saturated heterocycles. The Labute approximate surface area is 103 Å². The number of aromatic nitrogens is 2. The van der Waals surface area contributed by atoms with Crippen LogP contribution in [0, 0.1) is 0 Å². The van der Waals surface area contributed by atoms with Crippen LogP contribution in [0.4, 0.5) is 0 Å². The number of halogens is 1. The third kappa shape index (κ3) is 2.39. The SMILES string of the molecule is COc1cccc(-c2nccc(CBr)n2)c1. The van der Waals surface area contributed by atoms with Crippen LogP contribution in [0.25, 0.3) is 11.4 Å². The van der Waals surface area contributed by atoms with Crippen molar-refractivity contribution in [1.82, 2.24) is 9.97 Å². The van der Waals surface area contributed by atoms with E-state index in [4.69, 9.17) is 4.74 Å².